The van der Waals surface area contributed by atoms with Crippen LogP contribution in [0.2, 0.25) is 0 Å². The molecule has 0 unspecified atom stereocenters. The van der Waals surface area contributed by atoms with E-state index in [0.717, 1.165) is 12.1 Å². The highest BCUT2D eigenvalue weighted by atomic mass is 15.0. The van der Waals surface area contributed by atoms with E-state index in [0.29, 0.717) is 0 Å². The maximum absolute atomic E-state index is 3.75. The fraction of sp³-hybridized carbons (Fsp3) is 1.00. The van der Waals surface area contributed by atoms with Gasteiger partial charge < -0.3 is 5.32 Å². The Kier molecular flexibility index (Phi) is 10.5. The Morgan fingerprint density at radius 1 is 0.789 bits per heavy atom. The third-order valence-electron chi connectivity index (χ3n) is 4.62. The van der Waals surface area contributed by atoms with Gasteiger partial charge in [-0.25, -0.2) is 0 Å². The van der Waals surface area contributed by atoms with E-state index in [4.69, 9.17) is 0 Å². The summed E-state index contributed by atoms with van der Waals surface area (Å²) < 4.78 is 0. The van der Waals surface area contributed by atoms with E-state index in [1.807, 2.05) is 0 Å². The van der Waals surface area contributed by atoms with Crippen LogP contribution in [-0.2, 0) is 0 Å². The third kappa shape index (κ3) is 9.49. The SMILES string of the molecule is CCCCCCCCCCCC[C@H]1CCC[C@@H](C)N1. The second-order valence-electron chi connectivity index (χ2n) is 6.67. The van der Waals surface area contributed by atoms with Crippen LogP contribution >= 0.6 is 0 Å². The Morgan fingerprint density at radius 3 is 1.95 bits per heavy atom. The fourth-order valence-corrected chi connectivity index (χ4v) is 3.35. The lowest BCUT2D eigenvalue weighted by Gasteiger charge is -2.28. The van der Waals surface area contributed by atoms with Crippen molar-refractivity contribution in [2.75, 3.05) is 0 Å². The Balaban J connectivity index is 1.78. The lowest BCUT2D eigenvalue weighted by Crippen LogP contribution is -2.40. The van der Waals surface area contributed by atoms with Crippen molar-refractivity contribution in [1.29, 1.82) is 0 Å². The van der Waals surface area contributed by atoms with Gasteiger partial charge in [-0.3, -0.25) is 0 Å². The third-order valence-corrected chi connectivity index (χ3v) is 4.62. The lowest BCUT2D eigenvalue weighted by atomic mass is 9.95. The van der Waals surface area contributed by atoms with Crippen molar-refractivity contribution < 1.29 is 0 Å². The largest absolute Gasteiger partial charge is 0.312 e. The summed E-state index contributed by atoms with van der Waals surface area (Å²) in [5.74, 6) is 0. The van der Waals surface area contributed by atoms with Crippen molar-refractivity contribution in [2.45, 2.75) is 116 Å². The fourth-order valence-electron chi connectivity index (χ4n) is 3.35. The van der Waals surface area contributed by atoms with Gasteiger partial charge in [-0.05, 0) is 26.2 Å². The molecule has 1 N–H and O–H groups in total. The summed E-state index contributed by atoms with van der Waals surface area (Å²) in [5, 5.41) is 3.75. The minimum atomic E-state index is 0.766. The van der Waals surface area contributed by atoms with Gasteiger partial charge in [0.1, 0.15) is 0 Å². The molecule has 0 saturated carbocycles. The summed E-state index contributed by atoms with van der Waals surface area (Å²) in [6.07, 6.45) is 20.2. The first-order valence-electron chi connectivity index (χ1n) is 9.09. The van der Waals surface area contributed by atoms with Crippen molar-refractivity contribution >= 4 is 0 Å². The van der Waals surface area contributed by atoms with Gasteiger partial charge in [0.25, 0.3) is 0 Å². The second-order valence-corrected chi connectivity index (χ2v) is 6.67. The van der Waals surface area contributed by atoms with Crippen LogP contribution in [0.3, 0.4) is 0 Å². The van der Waals surface area contributed by atoms with Crippen molar-refractivity contribution in [2.24, 2.45) is 0 Å². The highest BCUT2D eigenvalue weighted by Gasteiger charge is 2.16. The molecule has 0 aromatic carbocycles. The quantitative estimate of drug-likeness (QED) is 0.464. The van der Waals surface area contributed by atoms with Crippen LogP contribution in [0, 0.1) is 0 Å². The molecule has 1 saturated heterocycles. The minimum absolute atomic E-state index is 0.766. The molecule has 1 aliphatic heterocycles. The predicted molar refractivity (Wildman–Crippen MR) is 86.7 cm³/mol. The standard InChI is InChI=1S/C18H37N/c1-3-4-5-6-7-8-9-10-11-12-15-18-16-13-14-17(2)19-18/h17-19H,3-16H2,1-2H3/t17-,18+/m1/s1. The summed E-state index contributed by atoms with van der Waals surface area (Å²) in [7, 11) is 0. The van der Waals surface area contributed by atoms with Gasteiger partial charge in [-0.2, -0.15) is 0 Å². The molecule has 1 aliphatic rings. The Hall–Kier alpha value is -0.0400. The molecule has 2 atom stereocenters. The molecular formula is C18H37N. The molecule has 0 spiro atoms. The van der Waals surface area contributed by atoms with E-state index in [1.54, 1.807) is 0 Å². The van der Waals surface area contributed by atoms with E-state index in [-0.39, 0.29) is 0 Å². The molecule has 1 nitrogen and oxygen atoms in total. The Morgan fingerprint density at radius 2 is 1.37 bits per heavy atom. The van der Waals surface area contributed by atoms with E-state index >= 15 is 0 Å². The maximum Gasteiger partial charge on any atom is 0.00695 e. The van der Waals surface area contributed by atoms with Crippen molar-refractivity contribution in [1.82, 2.24) is 5.32 Å². The summed E-state index contributed by atoms with van der Waals surface area (Å²) in [6, 6.07) is 1.60. The van der Waals surface area contributed by atoms with Crippen molar-refractivity contribution in [3.8, 4) is 0 Å². The summed E-state index contributed by atoms with van der Waals surface area (Å²) >= 11 is 0. The molecule has 0 radical (unpaired) electrons. The van der Waals surface area contributed by atoms with E-state index in [9.17, 15) is 0 Å². The number of rotatable bonds is 11. The molecular weight excluding hydrogens is 230 g/mol. The van der Waals surface area contributed by atoms with E-state index in [2.05, 4.69) is 19.2 Å². The molecule has 1 heteroatoms. The van der Waals surface area contributed by atoms with Gasteiger partial charge in [0.05, 0.1) is 0 Å². The Bertz CT molecular complexity index is 190. The van der Waals surface area contributed by atoms with Crippen LogP contribution < -0.4 is 5.32 Å². The first-order chi connectivity index (χ1) is 9.33. The smallest absolute Gasteiger partial charge is 0.00695 e. The van der Waals surface area contributed by atoms with Crippen LogP contribution in [0.15, 0.2) is 0 Å². The lowest BCUT2D eigenvalue weighted by molar-refractivity contribution is 0.314. The molecule has 19 heavy (non-hydrogen) atoms. The van der Waals surface area contributed by atoms with Crippen LogP contribution in [0.1, 0.15) is 104 Å². The van der Waals surface area contributed by atoms with Gasteiger partial charge >= 0.3 is 0 Å². The van der Waals surface area contributed by atoms with Crippen LogP contribution in [0.5, 0.6) is 0 Å². The number of hydrogen-bond donors (Lipinski definition) is 1. The van der Waals surface area contributed by atoms with Gasteiger partial charge in [0.15, 0.2) is 0 Å². The highest BCUT2D eigenvalue weighted by molar-refractivity contribution is 4.77. The highest BCUT2D eigenvalue weighted by Crippen LogP contribution is 2.18. The zero-order chi connectivity index (χ0) is 13.8. The molecule has 1 heterocycles. The molecule has 0 amide bonds. The average molecular weight is 268 g/mol. The molecule has 0 aliphatic carbocycles. The molecule has 0 aromatic rings. The van der Waals surface area contributed by atoms with Gasteiger partial charge in [0, 0.05) is 12.1 Å². The van der Waals surface area contributed by atoms with Gasteiger partial charge in [-0.15, -0.1) is 0 Å². The second kappa shape index (κ2) is 11.8. The minimum Gasteiger partial charge on any atom is -0.312 e. The summed E-state index contributed by atoms with van der Waals surface area (Å²) in [4.78, 5) is 0. The summed E-state index contributed by atoms with van der Waals surface area (Å²) in [5.41, 5.74) is 0. The van der Waals surface area contributed by atoms with Crippen LogP contribution in [0.25, 0.3) is 0 Å². The van der Waals surface area contributed by atoms with Crippen LogP contribution in [0.4, 0.5) is 0 Å². The van der Waals surface area contributed by atoms with E-state index in [1.165, 1.54) is 89.9 Å². The van der Waals surface area contributed by atoms with Crippen molar-refractivity contribution in [3.63, 3.8) is 0 Å². The number of unbranched alkanes of at least 4 members (excludes halogenated alkanes) is 9. The van der Waals surface area contributed by atoms with Crippen molar-refractivity contribution in [3.05, 3.63) is 0 Å². The predicted octanol–water partition coefficient (Wildman–Crippen LogP) is 5.83. The molecule has 114 valence electrons. The molecule has 0 bridgehead atoms. The number of piperidine rings is 1. The zero-order valence-electron chi connectivity index (χ0n) is 13.6. The normalized spacial score (nSPS) is 23.7. The molecule has 1 fully saturated rings. The number of nitrogens with one attached hydrogen (secondary N) is 1. The maximum atomic E-state index is 3.75. The first-order valence-corrected chi connectivity index (χ1v) is 9.09. The first kappa shape index (κ1) is 17.0. The zero-order valence-corrected chi connectivity index (χ0v) is 13.6. The van der Waals surface area contributed by atoms with Crippen LogP contribution in [-0.4, -0.2) is 12.1 Å². The monoisotopic (exact) mass is 267 g/mol. The Labute approximate surface area is 121 Å². The number of hydrogen-bond acceptors (Lipinski definition) is 1. The molecule has 1 rings (SSSR count). The van der Waals surface area contributed by atoms with E-state index < -0.39 is 0 Å². The topological polar surface area (TPSA) is 12.0 Å². The van der Waals surface area contributed by atoms with Gasteiger partial charge in [-0.1, -0.05) is 77.6 Å². The summed E-state index contributed by atoms with van der Waals surface area (Å²) in [6.45, 7) is 4.63. The van der Waals surface area contributed by atoms with Gasteiger partial charge in [0.2, 0.25) is 0 Å². The molecule has 0 aromatic heterocycles. The average Bonchev–Trinajstić information content (AvgIpc) is 2.41.